The Morgan fingerprint density at radius 3 is 2.16 bits per heavy atom. The number of carboxylic acids is 1. The fraction of sp³-hybridized carbons (Fsp3) is 0.921. The minimum absolute atomic E-state index is 0.142. The highest BCUT2D eigenvalue weighted by Gasteiger charge is 2.71. The van der Waals surface area contributed by atoms with Gasteiger partial charge in [-0.3, -0.25) is 4.79 Å². The molecule has 12 atom stereocenters. The first-order valence-electron chi connectivity index (χ1n) is 17.6. The Balaban J connectivity index is 1.81. The third-order valence-corrected chi connectivity index (χ3v) is 15.3. The van der Waals surface area contributed by atoms with Crippen LogP contribution in [0.4, 0.5) is 0 Å². The number of methoxy groups -OCH3 is 1. The van der Waals surface area contributed by atoms with Crippen LogP contribution in [0, 0.1) is 62.6 Å². The van der Waals surface area contributed by atoms with Gasteiger partial charge in [0.05, 0.1) is 30.8 Å². The third kappa shape index (κ3) is 4.97. The maximum Gasteiger partial charge on any atom is 0.307 e. The van der Waals surface area contributed by atoms with E-state index in [0.717, 1.165) is 32.1 Å². The van der Waals surface area contributed by atoms with Crippen LogP contribution in [-0.4, -0.2) is 53.7 Å². The Hall–Kier alpha value is -0.950. The van der Waals surface area contributed by atoms with Crippen LogP contribution in [0.5, 0.6) is 0 Å². The van der Waals surface area contributed by atoms with Gasteiger partial charge in [0.1, 0.15) is 0 Å². The van der Waals surface area contributed by atoms with Crippen LogP contribution in [-0.2, 0) is 14.3 Å². The monoisotopic (exact) mass is 618 g/mol. The molecule has 0 radical (unpaired) electrons. The number of aliphatic hydroxyl groups excluding tert-OH is 1. The Labute approximate surface area is 269 Å². The molecule has 0 amide bonds. The minimum atomic E-state index is -0.643. The lowest BCUT2D eigenvalue weighted by Gasteiger charge is -2.70. The van der Waals surface area contributed by atoms with E-state index in [1.807, 2.05) is 6.92 Å². The number of allylic oxidation sites excluding steroid dienone is 1. The SMILES string of the molecule is CO[C@@H]1C[C@]2([C@H](C)O)C3=CC[C@@]4(C)[C@H](C(=O)O)[C@@](C)([C@H](C)C(C)C)CC[C@]4(C)[C@H]3CC[C@H]2C(C)(C)[C@H]1OC[C@@](C)(N)C(C)C. The smallest absolute Gasteiger partial charge is 0.307 e. The number of nitrogens with two attached hydrogens (primary N) is 1. The predicted octanol–water partition coefficient (Wildman–Crippen LogP) is 7.72. The van der Waals surface area contributed by atoms with Crippen molar-refractivity contribution in [3.63, 3.8) is 0 Å². The first-order valence-corrected chi connectivity index (χ1v) is 17.6. The molecule has 4 aliphatic carbocycles. The largest absolute Gasteiger partial charge is 0.481 e. The van der Waals surface area contributed by atoms with Crippen molar-refractivity contribution in [2.24, 2.45) is 68.3 Å². The van der Waals surface area contributed by atoms with Crippen LogP contribution in [0.25, 0.3) is 0 Å². The Morgan fingerprint density at radius 2 is 1.66 bits per heavy atom. The number of ether oxygens (including phenoxy) is 2. The first-order chi connectivity index (χ1) is 20.1. The van der Waals surface area contributed by atoms with E-state index in [2.05, 4.69) is 82.2 Å². The highest BCUT2D eigenvalue weighted by molar-refractivity contribution is 5.73. The van der Waals surface area contributed by atoms with Crippen LogP contribution in [0.15, 0.2) is 11.6 Å². The number of aliphatic hydroxyl groups is 1. The van der Waals surface area contributed by atoms with Crippen LogP contribution < -0.4 is 5.73 Å². The van der Waals surface area contributed by atoms with E-state index in [1.165, 1.54) is 5.57 Å². The van der Waals surface area contributed by atoms with Crippen molar-refractivity contribution in [2.45, 2.75) is 145 Å². The Bertz CT molecular complexity index is 1110. The van der Waals surface area contributed by atoms with Crippen molar-refractivity contribution in [1.29, 1.82) is 0 Å². The predicted molar refractivity (Wildman–Crippen MR) is 178 cm³/mol. The number of fused-ring (bicyclic) bond motifs is 5. The minimum Gasteiger partial charge on any atom is -0.481 e. The van der Waals surface area contributed by atoms with Crippen LogP contribution in [0.2, 0.25) is 0 Å². The molecule has 0 aromatic rings. The highest BCUT2D eigenvalue weighted by atomic mass is 16.5. The average molecular weight is 618 g/mol. The van der Waals surface area contributed by atoms with Gasteiger partial charge in [-0.05, 0) is 104 Å². The van der Waals surface area contributed by atoms with Crippen molar-refractivity contribution in [1.82, 2.24) is 0 Å². The van der Waals surface area contributed by atoms with Crippen molar-refractivity contribution in [3.8, 4) is 0 Å². The number of aliphatic carboxylic acids is 1. The summed E-state index contributed by atoms with van der Waals surface area (Å²) in [6.07, 6.45) is 6.85. The van der Waals surface area contributed by atoms with E-state index < -0.39 is 28.9 Å². The normalized spacial score (nSPS) is 44.6. The number of rotatable bonds is 9. The van der Waals surface area contributed by atoms with Crippen LogP contribution >= 0.6 is 0 Å². The zero-order chi connectivity index (χ0) is 33.4. The summed E-state index contributed by atoms with van der Waals surface area (Å²) >= 11 is 0. The molecule has 0 saturated heterocycles. The molecule has 4 rings (SSSR count). The molecule has 0 aromatic carbocycles. The van der Waals surface area contributed by atoms with Gasteiger partial charge in [0, 0.05) is 18.1 Å². The van der Waals surface area contributed by atoms with E-state index in [-0.39, 0.29) is 51.6 Å². The molecule has 6 heteroatoms. The Kier molecular flexibility index (Phi) is 9.49. The molecule has 0 aromatic heterocycles. The van der Waals surface area contributed by atoms with Gasteiger partial charge in [-0.15, -0.1) is 0 Å². The van der Waals surface area contributed by atoms with E-state index in [4.69, 9.17) is 15.2 Å². The molecule has 0 spiro atoms. The Morgan fingerprint density at radius 1 is 1.05 bits per heavy atom. The molecule has 4 aliphatic rings. The van der Waals surface area contributed by atoms with Crippen molar-refractivity contribution >= 4 is 5.97 Å². The van der Waals surface area contributed by atoms with Gasteiger partial charge in [0.15, 0.2) is 0 Å². The zero-order valence-corrected chi connectivity index (χ0v) is 30.4. The lowest BCUT2D eigenvalue weighted by Crippen LogP contribution is -2.68. The lowest BCUT2D eigenvalue weighted by atomic mass is 9.34. The van der Waals surface area contributed by atoms with Crippen LogP contribution in [0.1, 0.15) is 122 Å². The van der Waals surface area contributed by atoms with E-state index >= 15 is 0 Å². The van der Waals surface area contributed by atoms with Gasteiger partial charge in [0.25, 0.3) is 0 Å². The summed E-state index contributed by atoms with van der Waals surface area (Å²) in [5, 5.41) is 22.9. The molecular formula is C38H67NO5. The highest BCUT2D eigenvalue weighted by Crippen LogP contribution is 2.74. The molecule has 0 bridgehead atoms. The fourth-order valence-electron chi connectivity index (χ4n) is 11.4. The molecule has 0 aliphatic heterocycles. The maximum absolute atomic E-state index is 13.3. The van der Waals surface area contributed by atoms with E-state index in [9.17, 15) is 15.0 Å². The second-order valence-electron chi connectivity index (χ2n) is 18.1. The molecular weight excluding hydrogens is 550 g/mol. The molecule has 6 nitrogen and oxygen atoms in total. The molecule has 44 heavy (non-hydrogen) atoms. The maximum atomic E-state index is 13.3. The standard InChI is InChI=1S/C38H67NO5/c1-22(2)24(5)34(9)18-19-35(10)26-14-15-29-33(7,8)31(44-21-37(12,39)23(3)4)28(43-13)20-38(29,25(6)40)27(26)16-17-36(35,11)30(34)32(41)42/h16,22-26,28-31,40H,14-15,17-21,39H2,1-13H3,(H,41,42)/t24-,25+,26+,28-,29+,30-,31+,34-,35-,36+,37-,38+/m1/s1. The van der Waals surface area contributed by atoms with E-state index in [0.29, 0.717) is 24.9 Å². The van der Waals surface area contributed by atoms with Gasteiger partial charge in [-0.25, -0.2) is 0 Å². The van der Waals surface area contributed by atoms with Crippen molar-refractivity contribution < 1.29 is 24.5 Å². The number of hydrogen-bond donors (Lipinski definition) is 3. The van der Waals surface area contributed by atoms with Crippen molar-refractivity contribution in [3.05, 3.63) is 11.6 Å². The second kappa shape index (κ2) is 11.6. The number of carboxylic acid groups (broad SMARTS) is 1. The molecule has 3 saturated carbocycles. The fourth-order valence-corrected chi connectivity index (χ4v) is 11.4. The van der Waals surface area contributed by atoms with Crippen LogP contribution in [0.3, 0.4) is 0 Å². The topological polar surface area (TPSA) is 102 Å². The summed E-state index contributed by atoms with van der Waals surface area (Å²) in [5.74, 6) is 0.363. The quantitative estimate of drug-likeness (QED) is 0.229. The summed E-state index contributed by atoms with van der Waals surface area (Å²) in [6.45, 7) is 27.1. The van der Waals surface area contributed by atoms with Gasteiger partial charge in [0.2, 0.25) is 0 Å². The molecule has 4 N–H and O–H groups in total. The van der Waals surface area contributed by atoms with Gasteiger partial charge in [-0.1, -0.05) is 80.9 Å². The zero-order valence-electron chi connectivity index (χ0n) is 30.4. The molecule has 0 heterocycles. The van der Waals surface area contributed by atoms with Crippen molar-refractivity contribution in [2.75, 3.05) is 13.7 Å². The van der Waals surface area contributed by atoms with Gasteiger partial charge in [-0.2, -0.15) is 0 Å². The summed E-state index contributed by atoms with van der Waals surface area (Å²) in [7, 11) is 1.78. The summed E-state index contributed by atoms with van der Waals surface area (Å²) < 4.78 is 13.0. The number of carbonyl (C=O) groups is 1. The lowest BCUT2D eigenvalue weighted by molar-refractivity contribution is -0.232. The first kappa shape index (κ1) is 35.9. The number of hydrogen-bond acceptors (Lipinski definition) is 5. The van der Waals surface area contributed by atoms with Gasteiger partial charge >= 0.3 is 5.97 Å². The second-order valence-corrected chi connectivity index (χ2v) is 18.1. The van der Waals surface area contributed by atoms with E-state index in [1.54, 1.807) is 7.11 Å². The summed E-state index contributed by atoms with van der Waals surface area (Å²) in [6, 6.07) is 0. The molecule has 0 unspecified atom stereocenters. The van der Waals surface area contributed by atoms with Gasteiger partial charge < -0.3 is 25.4 Å². The summed E-state index contributed by atoms with van der Waals surface area (Å²) in [4.78, 5) is 13.3. The molecule has 254 valence electrons. The molecule has 3 fully saturated rings. The third-order valence-electron chi connectivity index (χ3n) is 15.3. The average Bonchev–Trinajstić information content (AvgIpc) is 2.91. The summed E-state index contributed by atoms with van der Waals surface area (Å²) in [5.41, 5.74) is 6.04.